The second-order valence-electron chi connectivity index (χ2n) is 5.24. The van der Waals surface area contributed by atoms with E-state index in [0.29, 0.717) is 16.9 Å². The van der Waals surface area contributed by atoms with Crippen LogP contribution in [0.4, 0.5) is 0 Å². The van der Waals surface area contributed by atoms with Crippen molar-refractivity contribution < 1.29 is 24.1 Å². The summed E-state index contributed by atoms with van der Waals surface area (Å²) >= 11 is 0. The van der Waals surface area contributed by atoms with Crippen LogP contribution < -0.4 is 14.9 Å². The second kappa shape index (κ2) is 4.67. The van der Waals surface area contributed by atoms with Gasteiger partial charge in [0.25, 0.3) is 0 Å². The van der Waals surface area contributed by atoms with E-state index >= 15 is 0 Å². The average Bonchev–Trinajstić information content (AvgIpc) is 2.53. The first-order chi connectivity index (χ1) is 11.1. The summed E-state index contributed by atoms with van der Waals surface area (Å²) < 4.78 is 16.4. The average molecular weight is 312 g/mol. The van der Waals surface area contributed by atoms with Gasteiger partial charge in [-0.3, -0.25) is 4.79 Å². The lowest BCUT2D eigenvalue weighted by molar-refractivity contribution is 0.289. The molecule has 6 heteroatoms. The Hall–Kier alpha value is -3.15. The Morgan fingerprint density at radius 1 is 1.17 bits per heavy atom. The maximum atomic E-state index is 12.6. The number of aromatic hydroxyl groups is 2. The Bertz CT molecular complexity index is 1000. The predicted molar refractivity (Wildman–Crippen MR) is 82.1 cm³/mol. The lowest BCUT2D eigenvalue weighted by atomic mass is 10.0. The second-order valence-corrected chi connectivity index (χ2v) is 5.24. The zero-order valence-corrected chi connectivity index (χ0v) is 12.1. The fourth-order valence-electron chi connectivity index (χ4n) is 2.76. The van der Waals surface area contributed by atoms with Gasteiger partial charge in [-0.05, 0) is 18.2 Å². The van der Waals surface area contributed by atoms with Gasteiger partial charge in [0, 0.05) is 23.3 Å². The minimum absolute atomic E-state index is 0.0479. The number of benzene rings is 2. The molecule has 0 radical (unpaired) electrons. The summed E-state index contributed by atoms with van der Waals surface area (Å²) in [6, 6.07) is 7.62. The summed E-state index contributed by atoms with van der Waals surface area (Å²) in [5.41, 5.74) is 1.15. The van der Waals surface area contributed by atoms with Crippen molar-refractivity contribution in [3.05, 3.63) is 46.1 Å². The number of phenolic OH excluding ortho intramolecular Hbond substituents is 2. The number of hydrogen-bond donors (Lipinski definition) is 2. The lowest BCUT2D eigenvalue weighted by Gasteiger charge is -2.19. The van der Waals surface area contributed by atoms with Gasteiger partial charge in [0.1, 0.15) is 34.8 Å². The largest absolute Gasteiger partial charge is 0.508 e. The number of ether oxygens (including phenoxy) is 2. The number of fused-ring (bicyclic) bond motifs is 4. The molecule has 4 rings (SSSR count). The van der Waals surface area contributed by atoms with Crippen LogP contribution in [0.25, 0.3) is 22.3 Å². The molecule has 1 aromatic heterocycles. The molecule has 0 aliphatic carbocycles. The van der Waals surface area contributed by atoms with Gasteiger partial charge in [-0.2, -0.15) is 0 Å². The van der Waals surface area contributed by atoms with Gasteiger partial charge < -0.3 is 24.1 Å². The first kappa shape index (κ1) is 13.5. The lowest BCUT2D eigenvalue weighted by Crippen LogP contribution is -2.14. The highest BCUT2D eigenvalue weighted by Crippen LogP contribution is 2.40. The number of phenols is 2. The summed E-state index contributed by atoms with van der Waals surface area (Å²) in [4.78, 5) is 12.6. The van der Waals surface area contributed by atoms with E-state index in [0.717, 1.165) is 0 Å². The maximum absolute atomic E-state index is 12.6. The smallest absolute Gasteiger partial charge is 0.239 e. The van der Waals surface area contributed by atoms with E-state index in [-0.39, 0.29) is 40.6 Å². The van der Waals surface area contributed by atoms with E-state index < -0.39 is 5.43 Å². The van der Waals surface area contributed by atoms with Crippen molar-refractivity contribution in [3.8, 4) is 34.3 Å². The van der Waals surface area contributed by atoms with Gasteiger partial charge in [0.05, 0.1) is 7.11 Å². The molecule has 0 amide bonds. The van der Waals surface area contributed by atoms with E-state index in [1.165, 1.54) is 25.3 Å². The highest BCUT2D eigenvalue weighted by molar-refractivity contribution is 5.89. The van der Waals surface area contributed by atoms with Crippen LogP contribution in [0.5, 0.6) is 23.0 Å². The summed E-state index contributed by atoms with van der Waals surface area (Å²) in [6.07, 6.45) is 0. The SMILES string of the molecule is COc1cc(O)c2c(=O)c3c(oc2c1)-c1ccc(O)cc1CO3. The first-order valence-electron chi connectivity index (χ1n) is 6.91. The molecule has 0 saturated heterocycles. The quantitative estimate of drug-likeness (QED) is 0.718. The molecule has 0 atom stereocenters. The van der Waals surface area contributed by atoms with Crippen LogP contribution in [-0.2, 0) is 6.61 Å². The Morgan fingerprint density at radius 3 is 2.78 bits per heavy atom. The number of methoxy groups -OCH3 is 1. The normalized spacial score (nSPS) is 12.4. The van der Waals surface area contributed by atoms with Gasteiger partial charge in [0.2, 0.25) is 11.2 Å². The van der Waals surface area contributed by atoms with Crippen LogP contribution >= 0.6 is 0 Å². The molecule has 0 unspecified atom stereocenters. The van der Waals surface area contributed by atoms with Gasteiger partial charge in [0.15, 0.2) is 5.76 Å². The van der Waals surface area contributed by atoms with Crippen LogP contribution in [0.1, 0.15) is 5.56 Å². The Morgan fingerprint density at radius 2 is 2.00 bits per heavy atom. The van der Waals surface area contributed by atoms with E-state index in [1.807, 2.05) is 0 Å². The third-order valence-corrected chi connectivity index (χ3v) is 3.85. The van der Waals surface area contributed by atoms with Gasteiger partial charge >= 0.3 is 0 Å². The molecule has 0 spiro atoms. The minimum Gasteiger partial charge on any atom is -0.508 e. The molecule has 0 saturated carbocycles. The number of hydrogen-bond acceptors (Lipinski definition) is 6. The molecule has 3 aromatic rings. The van der Waals surface area contributed by atoms with Crippen LogP contribution in [0.2, 0.25) is 0 Å². The van der Waals surface area contributed by atoms with E-state index in [9.17, 15) is 15.0 Å². The summed E-state index contributed by atoms with van der Waals surface area (Å²) in [7, 11) is 1.46. The minimum atomic E-state index is -0.444. The van der Waals surface area contributed by atoms with Gasteiger partial charge in [-0.15, -0.1) is 0 Å². The standard InChI is InChI=1S/C17H12O6/c1-21-10-5-12(19)14-13(6-10)23-16-11-3-2-9(18)4-8(11)7-22-17(16)15(14)20/h2-6,18-19H,7H2,1H3. The summed E-state index contributed by atoms with van der Waals surface area (Å²) in [5.74, 6) is 0.586. The topological polar surface area (TPSA) is 89.1 Å². The van der Waals surface area contributed by atoms with E-state index in [1.54, 1.807) is 12.1 Å². The Kier molecular flexibility index (Phi) is 2.74. The van der Waals surface area contributed by atoms with Crippen molar-refractivity contribution in [1.29, 1.82) is 0 Å². The third-order valence-electron chi connectivity index (χ3n) is 3.85. The zero-order chi connectivity index (χ0) is 16.1. The predicted octanol–water partition coefficient (Wildman–Crippen LogP) is 2.77. The van der Waals surface area contributed by atoms with Crippen molar-refractivity contribution in [2.24, 2.45) is 0 Å². The fourth-order valence-corrected chi connectivity index (χ4v) is 2.76. The zero-order valence-electron chi connectivity index (χ0n) is 12.1. The van der Waals surface area contributed by atoms with Crippen molar-refractivity contribution in [3.63, 3.8) is 0 Å². The molecule has 1 aliphatic rings. The van der Waals surface area contributed by atoms with Crippen molar-refractivity contribution >= 4 is 11.0 Å². The molecule has 2 aromatic carbocycles. The Balaban J connectivity index is 2.09. The molecule has 6 nitrogen and oxygen atoms in total. The van der Waals surface area contributed by atoms with Crippen LogP contribution in [0.3, 0.4) is 0 Å². The van der Waals surface area contributed by atoms with Crippen LogP contribution in [0.15, 0.2) is 39.5 Å². The monoisotopic (exact) mass is 312 g/mol. The molecule has 2 N–H and O–H groups in total. The Labute approximate surface area is 130 Å². The maximum Gasteiger partial charge on any atom is 0.239 e. The summed E-state index contributed by atoms with van der Waals surface area (Å²) in [6.45, 7) is 0.143. The van der Waals surface area contributed by atoms with Crippen LogP contribution in [-0.4, -0.2) is 17.3 Å². The fraction of sp³-hybridized carbons (Fsp3) is 0.118. The number of rotatable bonds is 1. The van der Waals surface area contributed by atoms with Crippen molar-refractivity contribution in [1.82, 2.24) is 0 Å². The third kappa shape index (κ3) is 1.92. The summed E-state index contributed by atoms with van der Waals surface area (Å²) in [5, 5.41) is 19.7. The van der Waals surface area contributed by atoms with Crippen molar-refractivity contribution in [2.45, 2.75) is 6.61 Å². The molecule has 0 bridgehead atoms. The van der Waals surface area contributed by atoms with Gasteiger partial charge in [-0.25, -0.2) is 0 Å². The first-order valence-corrected chi connectivity index (χ1v) is 6.91. The van der Waals surface area contributed by atoms with Gasteiger partial charge in [-0.1, -0.05) is 0 Å². The molecular formula is C17H12O6. The van der Waals surface area contributed by atoms with Crippen LogP contribution in [0, 0.1) is 0 Å². The van der Waals surface area contributed by atoms with E-state index in [2.05, 4.69) is 0 Å². The molecule has 116 valence electrons. The molecule has 1 aliphatic heterocycles. The molecule has 23 heavy (non-hydrogen) atoms. The van der Waals surface area contributed by atoms with E-state index in [4.69, 9.17) is 13.9 Å². The molecule has 0 fully saturated rings. The van der Waals surface area contributed by atoms with Crippen molar-refractivity contribution in [2.75, 3.05) is 7.11 Å². The molecule has 2 heterocycles. The highest BCUT2D eigenvalue weighted by atomic mass is 16.5. The highest BCUT2D eigenvalue weighted by Gasteiger charge is 2.26. The molecular weight excluding hydrogens is 300 g/mol.